The summed E-state index contributed by atoms with van der Waals surface area (Å²) >= 11 is 0. The summed E-state index contributed by atoms with van der Waals surface area (Å²) in [6.45, 7) is 0.505. The van der Waals surface area contributed by atoms with Crippen molar-refractivity contribution in [3.63, 3.8) is 0 Å². The molecule has 24 heavy (non-hydrogen) atoms. The Bertz CT molecular complexity index is 933. The predicted molar refractivity (Wildman–Crippen MR) is 93.0 cm³/mol. The number of aromatic nitrogens is 3. The second-order valence-corrected chi connectivity index (χ2v) is 5.64. The van der Waals surface area contributed by atoms with Crippen LogP contribution in [0, 0.1) is 0 Å². The van der Waals surface area contributed by atoms with Crippen LogP contribution in [0.5, 0.6) is 5.88 Å². The van der Waals surface area contributed by atoms with Gasteiger partial charge in [0.05, 0.1) is 11.9 Å². The summed E-state index contributed by atoms with van der Waals surface area (Å²) in [4.78, 5) is 4.61. The Hall–Kier alpha value is -3.14. The van der Waals surface area contributed by atoms with E-state index in [1.54, 1.807) is 4.52 Å². The van der Waals surface area contributed by atoms with Gasteiger partial charge in [0.25, 0.3) is 0 Å². The molecule has 0 saturated heterocycles. The van der Waals surface area contributed by atoms with Crippen LogP contribution in [0.3, 0.4) is 0 Å². The summed E-state index contributed by atoms with van der Waals surface area (Å²) < 4.78 is 7.54. The molecule has 2 aromatic carbocycles. The maximum atomic E-state index is 5.77. The Kier molecular flexibility index (Phi) is 3.94. The van der Waals surface area contributed by atoms with E-state index in [-0.39, 0.29) is 0 Å². The third kappa shape index (κ3) is 3.27. The molecular formula is C20H17N3O. The summed E-state index contributed by atoms with van der Waals surface area (Å²) in [5.41, 5.74) is 4.18. The van der Waals surface area contributed by atoms with Crippen LogP contribution in [-0.2, 0) is 13.0 Å². The molecule has 0 bridgehead atoms. The number of nitrogens with zero attached hydrogens (tertiary/aromatic N) is 3. The van der Waals surface area contributed by atoms with Gasteiger partial charge in [0.15, 0.2) is 5.65 Å². The molecule has 0 unspecified atom stereocenters. The molecule has 118 valence electrons. The van der Waals surface area contributed by atoms with Crippen molar-refractivity contribution in [2.24, 2.45) is 0 Å². The Morgan fingerprint density at radius 1 is 0.792 bits per heavy atom. The van der Waals surface area contributed by atoms with Gasteiger partial charge >= 0.3 is 0 Å². The molecule has 4 rings (SSSR count). The highest BCUT2D eigenvalue weighted by Crippen LogP contribution is 2.14. The van der Waals surface area contributed by atoms with E-state index in [9.17, 15) is 0 Å². The smallest absolute Gasteiger partial charge is 0.232 e. The third-order valence-corrected chi connectivity index (χ3v) is 3.80. The number of fused-ring (bicyclic) bond motifs is 1. The first kappa shape index (κ1) is 14.5. The average molecular weight is 315 g/mol. The van der Waals surface area contributed by atoms with Crippen molar-refractivity contribution < 1.29 is 4.74 Å². The van der Waals surface area contributed by atoms with Crippen molar-refractivity contribution in [2.75, 3.05) is 0 Å². The van der Waals surface area contributed by atoms with Gasteiger partial charge in [-0.1, -0.05) is 60.7 Å². The van der Waals surface area contributed by atoms with Crippen LogP contribution in [0.15, 0.2) is 79.0 Å². The number of rotatable bonds is 5. The van der Waals surface area contributed by atoms with Gasteiger partial charge in [-0.05, 0) is 17.2 Å². The Morgan fingerprint density at radius 2 is 1.50 bits per heavy atom. The van der Waals surface area contributed by atoms with Gasteiger partial charge in [-0.2, -0.15) is 0 Å². The van der Waals surface area contributed by atoms with Crippen LogP contribution in [-0.4, -0.2) is 14.6 Å². The molecule has 0 saturated carbocycles. The van der Waals surface area contributed by atoms with E-state index in [1.165, 1.54) is 5.56 Å². The molecule has 2 aromatic heterocycles. The minimum atomic E-state index is 0.505. The van der Waals surface area contributed by atoms with Crippen LogP contribution in [0.4, 0.5) is 0 Å². The number of hydrogen-bond donors (Lipinski definition) is 0. The zero-order valence-corrected chi connectivity index (χ0v) is 13.2. The Labute approximate surface area is 140 Å². The van der Waals surface area contributed by atoms with Gasteiger partial charge in [0.2, 0.25) is 5.88 Å². The van der Waals surface area contributed by atoms with Gasteiger partial charge in [-0.3, -0.25) is 0 Å². The fourth-order valence-corrected chi connectivity index (χ4v) is 2.61. The quantitative estimate of drug-likeness (QED) is 0.561. The van der Waals surface area contributed by atoms with Crippen molar-refractivity contribution in [1.29, 1.82) is 0 Å². The maximum absolute atomic E-state index is 5.77. The first-order valence-electron chi connectivity index (χ1n) is 7.93. The molecule has 0 fully saturated rings. The molecule has 4 heteroatoms. The second-order valence-electron chi connectivity index (χ2n) is 5.64. The van der Waals surface area contributed by atoms with E-state index in [4.69, 9.17) is 4.74 Å². The summed E-state index contributed by atoms with van der Waals surface area (Å²) in [5.74, 6) is 0.593. The summed E-state index contributed by atoms with van der Waals surface area (Å²) in [5, 5.41) is 4.48. The van der Waals surface area contributed by atoms with E-state index in [0.29, 0.717) is 12.5 Å². The first-order valence-corrected chi connectivity index (χ1v) is 7.93. The molecule has 0 aliphatic carbocycles. The lowest BCUT2D eigenvalue weighted by Crippen LogP contribution is -1.99. The molecule has 4 nitrogen and oxygen atoms in total. The Balaban J connectivity index is 1.51. The fraction of sp³-hybridized carbons (Fsp3) is 0.100. The van der Waals surface area contributed by atoms with Crippen molar-refractivity contribution in [3.05, 3.63) is 95.8 Å². The lowest BCUT2D eigenvalue weighted by atomic mass is 10.1. The number of imidazole rings is 1. The van der Waals surface area contributed by atoms with E-state index < -0.39 is 0 Å². The van der Waals surface area contributed by atoms with E-state index in [2.05, 4.69) is 22.2 Å². The minimum Gasteiger partial charge on any atom is -0.472 e. The SMILES string of the molecule is c1ccc(COc2ccc3nc(Cc4ccccc4)cn3n2)cc1. The van der Waals surface area contributed by atoms with Crippen LogP contribution < -0.4 is 4.74 Å². The molecule has 0 N–H and O–H groups in total. The average Bonchev–Trinajstić information content (AvgIpc) is 3.03. The number of benzene rings is 2. The zero-order valence-electron chi connectivity index (χ0n) is 13.2. The molecule has 2 heterocycles. The Morgan fingerprint density at radius 3 is 2.25 bits per heavy atom. The van der Waals surface area contributed by atoms with Crippen molar-refractivity contribution >= 4 is 5.65 Å². The topological polar surface area (TPSA) is 39.4 Å². The molecule has 0 aliphatic heterocycles. The summed E-state index contributed by atoms with van der Waals surface area (Å²) in [7, 11) is 0. The maximum Gasteiger partial charge on any atom is 0.232 e. The fourth-order valence-electron chi connectivity index (χ4n) is 2.61. The summed E-state index contributed by atoms with van der Waals surface area (Å²) in [6.07, 6.45) is 2.75. The highest BCUT2D eigenvalue weighted by Gasteiger charge is 2.05. The second kappa shape index (κ2) is 6.54. The van der Waals surface area contributed by atoms with Crippen molar-refractivity contribution in [2.45, 2.75) is 13.0 Å². The highest BCUT2D eigenvalue weighted by molar-refractivity contribution is 5.40. The minimum absolute atomic E-state index is 0.505. The number of ether oxygens (including phenoxy) is 1. The monoisotopic (exact) mass is 315 g/mol. The van der Waals surface area contributed by atoms with Crippen LogP contribution >= 0.6 is 0 Å². The highest BCUT2D eigenvalue weighted by atomic mass is 16.5. The third-order valence-electron chi connectivity index (χ3n) is 3.80. The molecule has 0 radical (unpaired) electrons. The lowest BCUT2D eigenvalue weighted by molar-refractivity contribution is 0.289. The molecule has 0 amide bonds. The number of hydrogen-bond acceptors (Lipinski definition) is 3. The molecule has 0 atom stereocenters. The summed E-state index contributed by atoms with van der Waals surface area (Å²) in [6, 6.07) is 24.2. The van der Waals surface area contributed by atoms with E-state index >= 15 is 0 Å². The van der Waals surface area contributed by atoms with Gasteiger partial charge in [-0.15, -0.1) is 5.10 Å². The van der Waals surface area contributed by atoms with Crippen LogP contribution in [0.25, 0.3) is 5.65 Å². The molecule has 0 aliphatic rings. The largest absolute Gasteiger partial charge is 0.472 e. The lowest BCUT2D eigenvalue weighted by Gasteiger charge is -2.05. The first-order chi connectivity index (χ1) is 11.9. The predicted octanol–water partition coefficient (Wildman–Crippen LogP) is 3.90. The van der Waals surface area contributed by atoms with E-state index in [1.807, 2.05) is 66.9 Å². The molecule has 0 spiro atoms. The van der Waals surface area contributed by atoms with Gasteiger partial charge < -0.3 is 4.74 Å². The van der Waals surface area contributed by atoms with Crippen LogP contribution in [0.2, 0.25) is 0 Å². The molecular weight excluding hydrogens is 298 g/mol. The van der Waals surface area contributed by atoms with Crippen molar-refractivity contribution in [1.82, 2.24) is 14.6 Å². The van der Waals surface area contributed by atoms with Gasteiger partial charge in [-0.25, -0.2) is 9.50 Å². The normalized spacial score (nSPS) is 10.8. The van der Waals surface area contributed by atoms with Crippen molar-refractivity contribution in [3.8, 4) is 5.88 Å². The van der Waals surface area contributed by atoms with Gasteiger partial charge in [0.1, 0.15) is 6.61 Å². The van der Waals surface area contributed by atoms with Gasteiger partial charge in [0, 0.05) is 12.5 Å². The zero-order chi connectivity index (χ0) is 16.2. The standard InChI is InChI=1S/C20H17N3O/c1-3-7-16(8-4-1)13-18-14-23-19(21-18)11-12-20(22-23)24-15-17-9-5-2-6-10-17/h1-12,14H,13,15H2. The molecule has 4 aromatic rings. The van der Waals surface area contributed by atoms with E-state index in [0.717, 1.165) is 23.3 Å². The van der Waals surface area contributed by atoms with Crippen LogP contribution in [0.1, 0.15) is 16.8 Å².